The van der Waals surface area contributed by atoms with E-state index in [2.05, 4.69) is 10.4 Å². The van der Waals surface area contributed by atoms with Crippen LogP contribution in [0.15, 0.2) is 12.3 Å². The first-order chi connectivity index (χ1) is 6.53. The summed E-state index contributed by atoms with van der Waals surface area (Å²) >= 11 is 0. The van der Waals surface area contributed by atoms with Crippen molar-refractivity contribution in [3.8, 4) is 0 Å². The summed E-state index contributed by atoms with van der Waals surface area (Å²) < 4.78 is 23.9. The minimum absolute atomic E-state index is 0.153. The lowest BCUT2D eigenvalue weighted by molar-refractivity contribution is 0.597. The summed E-state index contributed by atoms with van der Waals surface area (Å²) in [5.74, 6) is 1.05. The molecular weight excluding hydrogens is 202 g/mol. The number of anilines is 1. The number of aryl methyl sites for hydroxylation is 1. The average Bonchev–Trinajstić information content (AvgIpc) is 2.51. The second kappa shape index (κ2) is 4.45. The molecule has 1 aromatic heterocycles. The highest BCUT2D eigenvalue weighted by atomic mass is 32.2. The SMILES string of the molecule is CCS(=O)(=O)CCNc1ccn(C)n1. The molecule has 0 unspecified atom stereocenters. The van der Waals surface area contributed by atoms with E-state index in [9.17, 15) is 8.42 Å². The van der Waals surface area contributed by atoms with Gasteiger partial charge < -0.3 is 5.32 Å². The number of rotatable bonds is 5. The summed E-state index contributed by atoms with van der Waals surface area (Å²) in [7, 11) is -1.07. The van der Waals surface area contributed by atoms with Crippen LogP contribution in [0.2, 0.25) is 0 Å². The van der Waals surface area contributed by atoms with E-state index in [0.29, 0.717) is 12.4 Å². The molecule has 0 aromatic carbocycles. The molecule has 14 heavy (non-hydrogen) atoms. The standard InChI is InChI=1S/C8H15N3O2S/c1-3-14(12,13)7-5-9-8-4-6-11(2)10-8/h4,6H,3,5,7H2,1-2H3,(H,9,10). The zero-order valence-electron chi connectivity index (χ0n) is 8.40. The van der Waals surface area contributed by atoms with Gasteiger partial charge in [0.25, 0.3) is 0 Å². The molecule has 1 heterocycles. The molecule has 0 radical (unpaired) electrons. The van der Waals surface area contributed by atoms with Crippen LogP contribution < -0.4 is 5.32 Å². The normalized spacial score (nSPS) is 11.6. The molecule has 0 spiro atoms. The summed E-state index contributed by atoms with van der Waals surface area (Å²) in [6.45, 7) is 2.06. The zero-order valence-corrected chi connectivity index (χ0v) is 9.21. The van der Waals surface area contributed by atoms with Crippen LogP contribution >= 0.6 is 0 Å². The van der Waals surface area contributed by atoms with Crippen molar-refractivity contribution in [2.75, 3.05) is 23.4 Å². The molecule has 6 heteroatoms. The van der Waals surface area contributed by atoms with Crippen LogP contribution in [0.5, 0.6) is 0 Å². The maximum atomic E-state index is 11.1. The second-order valence-corrected chi connectivity index (χ2v) is 5.51. The molecule has 0 aliphatic carbocycles. The largest absolute Gasteiger partial charge is 0.368 e. The third-order valence-electron chi connectivity index (χ3n) is 1.87. The van der Waals surface area contributed by atoms with Gasteiger partial charge >= 0.3 is 0 Å². The van der Waals surface area contributed by atoms with Gasteiger partial charge in [0.2, 0.25) is 0 Å². The van der Waals surface area contributed by atoms with Crippen LogP contribution in [0.1, 0.15) is 6.92 Å². The molecule has 0 saturated carbocycles. The summed E-state index contributed by atoms with van der Waals surface area (Å²) in [5, 5.41) is 7.01. The highest BCUT2D eigenvalue weighted by molar-refractivity contribution is 7.91. The van der Waals surface area contributed by atoms with E-state index in [4.69, 9.17) is 0 Å². The summed E-state index contributed by atoms with van der Waals surface area (Å²) in [5.41, 5.74) is 0. The summed E-state index contributed by atoms with van der Waals surface area (Å²) in [6.07, 6.45) is 1.80. The van der Waals surface area contributed by atoms with E-state index in [0.717, 1.165) is 0 Å². The lowest BCUT2D eigenvalue weighted by Crippen LogP contribution is -2.17. The van der Waals surface area contributed by atoms with Gasteiger partial charge in [-0.3, -0.25) is 4.68 Å². The van der Waals surface area contributed by atoms with Gasteiger partial charge in [-0.2, -0.15) is 5.10 Å². The van der Waals surface area contributed by atoms with Crippen LogP contribution in [0.4, 0.5) is 5.82 Å². The van der Waals surface area contributed by atoms with Gasteiger partial charge in [0.15, 0.2) is 9.84 Å². The Balaban J connectivity index is 2.36. The highest BCUT2D eigenvalue weighted by Crippen LogP contribution is 2.00. The van der Waals surface area contributed by atoms with Crippen molar-refractivity contribution in [3.63, 3.8) is 0 Å². The number of hydrogen-bond donors (Lipinski definition) is 1. The molecule has 0 fully saturated rings. The van der Waals surface area contributed by atoms with Crippen LogP contribution in [-0.2, 0) is 16.9 Å². The van der Waals surface area contributed by atoms with Gasteiger partial charge in [-0.15, -0.1) is 0 Å². The molecule has 80 valence electrons. The van der Waals surface area contributed by atoms with E-state index in [-0.39, 0.29) is 11.5 Å². The summed E-state index contributed by atoms with van der Waals surface area (Å²) in [6, 6.07) is 1.80. The Morgan fingerprint density at radius 1 is 1.57 bits per heavy atom. The van der Waals surface area contributed by atoms with Crippen molar-refractivity contribution in [2.45, 2.75) is 6.92 Å². The first-order valence-electron chi connectivity index (χ1n) is 4.47. The van der Waals surface area contributed by atoms with Gasteiger partial charge in [0, 0.05) is 31.6 Å². The fourth-order valence-corrected chi connectivity index (χ4v) is 1.69. The van der Waals surface area contributed by atoms with Crippen LogP contribution in [0, 0.1) is 0 Å². The fraction of sp³-hybridized carbons (Fsp3) is 0.625. The van der Waals surface area contributed by atoms with Crippen LogP contribution in [0.3, 0.4) is 0 Å². The van der Waals surface area contributed by atoms with Crippen molar-refractivity contribution in [3.05, 3.63) is 12.3 Å². The topological polar surface area (TPSA) is 64.0 Å². The Bertz CT molecular complexity index is 383. The minimum atomic E-state index is -2.88. The predicted octanol–water partition coefficient (Wildman–Crippen LogP) is 0.267. The molecule has 1 N–H and O–H groups in total. The Hall–Kier alpha value is -1.04. The fourth-order valence-electron chi connectivity index (χ4n) is 0.988. The van der Waals surface area contributed by atoms with Gasteiger partial charge in [0.1, 0.15) is 5.82 Å². The molecular formula is C8H15N3O2S. The van der Waals surface area contributed by atoms with E-state index < -0.39 is 9.84 Å². The van der Waals surface area contributed by atoms with E-state index in [1.165, 1.54) is 0 Å². The molecule has 0 atom stereocenters. The maximum Gasteiger partial charge on any atom is 0.151 e. The lowest BCUT2D eigenvalue weighted by atomic mass is 10.6. The van der Waals surface area contributed by atoms with Crippen molar-refractivity contribution < 1.29 is 8.42 Å². The Morgan fingerprint density at radius 3 is 2.79 bits per heavy atom. The van der Waals surface area contributed by atoms with E-state index >= 15 is 0 Å². The van der Waals surface area contributed by atoms with Gasteiger partial charge in [-0.05, 0) is 0 Å². The van der Waals surface area contributed by atoms with Gasteiger partial charge in [-0.1, -0.05) is 6.92 Å². The average molecular weight is 217 g/mol. The first-order valence-corrected chi connectivity index (χ1v) is 6.29. The Morgan fingerprint density at radius 2 is 2.29 bits per heavy atom. The molecule has 0 amide bonds. The zero-order chi connectivity index (χ0) is 10.6. The molecule has 0 aliphatic heterocycles. The highest BCUT2D eigenvalue weighted by Gasteiger charge is 2.06. The minimum Gasteiger partial charge on any atom is -0.368 e. The maximum absolute atomic E-state index is 11.1. The van der Waals surface area contributed by atoms with Crippen molar-refractivity contribution in [2.24, 2.45) is 7.05 Å². The Kier molecular flexibility index (Phi) is 3.51. The lowest BCUT2D eigenvalue weighted by Gasteiger charge is -2.02. The molecule has 1 rings (SSSR count). The van der Waals surface area contributed by atoms with E-state index in [1.54, 1.807) is 23.9 Å². The van der Waals surface area contributed by atoms with Crippen molar-refractivity contribution in [1.29, 1.82) is 0 Å². The van der Waals surface area contributed by atoms with Gasteiger partial charge in [-0.25, -0.2) is 8.42 Å². The second-order valence-electron chi connectivity index (χ2n) is 3.04. The van der Waals surface area contributed by atoms with Crippen LogP contribution in [0.25, 0.3) is 0 Å². The third kappa shape index (κ3) is 3.37. The summed E-state index contributed by atoms with van der Waals surface area (Å²) in [4.78, 5) is 0. The van der Waals surface area contributed by atoms with E-state index in [1.807, 2.05) is 7.05 Å². The van der Waals surface area contributed by atoms with Crippen molar-refractivity contribution in [1.82, 2.24) is 9.78 Å². The molecule has 0 saturated heterocycles. The van der Waals surface area contributed by atoms with Crippen LogP contribution in [-0.4, -0.2) is 36.2 Å². The molecule has 1 aromatic rings. The van der Waals surface area contributed by atoms with Crippen molar-refractivity contribution >= 4 is 15.7 Å². The predicted molar refractivity (Wildman–Crippen MR) is 56.0 cm³/mol. The smallest absolute Gasteiger partial charge is 0.151 e. The number of nitrogens with zero attached hydrogens (tertiary/aromatic N) is 2. The quantitative estimate of drug-likeness (QED) is 0.768. The molecule has 5 nitrogen and oxygen atoms in total. The molecule has 0 aliphatic rings. The molecule has 0 bridgehead atoms. The van der Waals surface area contributed by atoms with Gasteiger partial charge in [0.05, 0.1) is 5.75 Å². The Labute approximate surface area is 84.0 Å². The first kappa shape index (κ1) is 11.0. The number of sulfone groups is 1. The monoisotopic (exact) mass is 217 g/mol. The number of nitrogens with one attached hydrogen (secondary N) is 1. The third-order valence-corrected chi connectivity index (χ3v) is 3.58. The number of aromatic nitrogens is 2. The number of hydrogen-bond acceptors (Lipinski definition) is 4.